The Labute approximate surface area is 98.4 Å². The fourth-order valence-electron chi connectivity index (χ4n) is 1.41. The molecule has 0 saturated heterocycles. The van der Waals surface area contributed by atoms with Crippen LogP contribution in [0.15, 0.2) is 35.7 Å². The van der Waals surface area contributed by atoms with Crippen LogP contribution in [0.2, 0.25) is 0 Å². The van der Waals surface area contributed by atoms with E-state index >= 15 is 0 Å². The molecule has 2 aromatic rings. The molecule has 6 nitrogen and oxygen atoms in total. The average Bonchev–Trinajstić information content (AvgIpc) is 2.80. The summed E-state index contributed by atoms with van der Waals surface area (Å²) >= 11 is 0. The molecule has 0 spiro atoms. The molecule has 6 heteroatoms. The number of benzene rings is 1. The molecule has 17 heavy (non-hydrogen) atoms. The van der Waals surface area contributed by atoms with Crippen LogP contribution in [-0.2, 0) is 6.54 Å². The van der Waals surface area contributed by atoms with E-state index in [0.717, 1.165) is 5.56 Å². The molecule has 0 atom stereocenters. The lowest BCUT2D eigenvalue weighted by Crippen LogP contribution is -2.15. The monoisotopic (exact) mass is 231 g/mol. The van der Waals surface area contributed by atoms with Gasteiger partial charge in [0, 0.05) is 0 Å². The maximum atomic E-state index is 8.49. The van der Waals surface area contributed by atoms with Gasteiger partial charge in [-0.2, -0.15) is 0 Å². The Morgan fingerprint density at radius 1 is 1.41 bits per heavy atom. The Balaban J connectivity index is 2.14. The Kier molecular flexibility index (Phi) is 3.04. The highest BCUT2D eigenvalue weighted by atomic mass is 16.4. The van der Waals surface area contributed by atoms with Gasteiger partial charge in [0.1, 0.15) is 6.33 Å². The summed E-state index contributed by atoms with van der Waals surface area (Å²) in [6, 6.07) is 8.13. The zero-order valence-electron chi connectivity index (χ0n) is 9.41. The molecule has 0 saturated carbocycles. The lowest BCUT2D eigenvalue weighted by atomic mass is 10.1. The van der Waals surface area contributed by atoms with Gasteiger partial charge in [-0.25, -0.2) is 9.67 Å². The van der Waals surface area contributed by atoms with Crippen molar-refractivity contribution in [3.05, 3.63) is 47.5 Å². The molecule has 0 aliphatic carbocycles. The number of nitrogens with zero attached hydrogens (tertiary/aromatic N) is 4. The van der Waals surface area contributed by atoms with E-state index in [9.17, 15) is 0 Å². The second-order valence-electron chi connectivity index (χ2n) is 3.74. The number of oxime groups is 1. The largest absolute Gasteiger partial charge is 0.409 e. The summed E-state index contributed by atoms with van der Waals surface area (Å²) in [5, 5.41) is 15.4. The van der Waals surface area contributed by atoms with Gasteiger partial charge < -0.3 is 10.9 Å². The number of amidine groups is 1. The molecule has 88 valence electrons. The summed E-state index contributed by atoms with van der Waals surface area (Å²) in [5.41, 5.74) is 7.71. The molecule has 0 bridgehead atoms. The van der Waals surface area contributed by atoms with Crippen LogP contribution in [0.25, 0.3) is 0 Å². The SMILES string of the molecule is Cc1ccc(Cn2cnc(C(N)=NO)n2)cc1. The van der Waals surface area contributed by atoms with Crippen LogP contribution in [0.3, 0.4) is 0 Å². The van der Waals surface area contributed by atoms with Crippen LogP contribution in [-0.4, -0.2) is 25.8 Å². The Hall–Kier alpha value is -2.37. The highest BCUT2D eigenvalue weighted by Gasteiger charge is 2.05. The maximum absolute atomic E-state index is 8.49. The van der Waals surface area contributed by atoms with Gasteiger partial charge >= 0.3 is 0 Å². The van der Waals surface area contributed by atoms with E-state index in [1.54, 1.807) is 11.0 Å². The lowest BCUT2D eigenvalue weighted by molar-refractivity contribution is 0.318. The molecule has 1 aromatic carbocycles. The van der Waals surface area contributed by atoms with E-state index in [4.69, 9.17) is 10.9 Å². The average molecular weight is 231 g/mol. The van der Waals surface area contributed by atoms with Crippen molar-refractivity contribution < 1.29 is 5.21 Å². The minimum atomic E-state index is -0.0901. The van der Waals surface area contributed by atoms with Gasteiger partial charge in [-0.1, -0.05) is 35.0 Å². The van der Waals surface area contributed by atoms with Crippen LogP contribution in [0.4, 0.5) is 0 Å². The lowest BCUT2D eigenvalue weighted by Gasteiger charge is -2.01. The topological polar surface area (TPSA) is 89.3 Å². The van der Waals surface area contributed by atoms with Crippen LogP contribution in [0.1, 0.15) is 17.0 Å². The first-order valence-corrected chi connectivity index (χ1v) is 5.12. The van der Waals surface area contributed by atoms with Crippen molar-refractivity contribution in [2.24, 2.45) is 10.9 Å². The van der Waals surface area contributed by atoms with E-state index in [1.807, 2.05) is 31.2 Å². The van der Waals surface area contributed by atoms with Crippen molar-refractivity contribution in [3.63, 3.8) is 0 Å². The van der Waals surface area contributed by atoms with E-state index in [0.29, 0.717) is 6.54 Å². The van der Waals surface area contributed by atoms with E-state index in [-0.39, 0.29) is 11.7 Å². The summed E-state index contributed by atoms with van der Waals surface area (Å²) in [6.07, 6.45) is 1.55. The molecule has 1 heterocycles. The Bertz CT molecular complexity index is 529. The molecule has 0 aliphatic heterocycles. The molecule has 1 aromatic heterocycles. The summed E-state index contributed by atoms with van der Waals surface area (Å²) in [6.45, 7) is 2.64. The predicted octanol–water partition coefficient (Wildman–Crippen LogP) is 0.729. The normalized spacial score (nSPS) is 11.7. The van der Waals surface area contributed by atoms with E-state index in [1.165, 1.54) is 5.56 Å². The maximum Gasteiger partial charge on any atom is 0.219 e. The van der Waals surface area contributed by atoms with Gasteiger partial charge in [-0.3, -0.25) is 0 Å². The second kappa shape index (κ2) is 4.65. The van der Waals surface area contributed by atoms with Gasteiger partial charge in [-0.05, 0) is 12.5 Å². The molecule has 0 radical (unpaired) electrons. The molecule has 0 aliphatic rings. The number of hydrogen-bond acceptors (Lipinski definition) is 4. The van der Waals surface area contributed by atoms with E-state index < -0.39 is 0 Å². The quantitative estimate of drug-likeness (QED) is 0.352. The van der Waals surface area contributed by atoms with Gasteiger partial charge in [0.25, 0.3) is 0 Å². The first kappa shape index (κ1) is 11.1. The fraction of sp³-hybridized carbons (Fsp3) is 0.182. The zero-order valence-corrected chi connectivity index (χ0v) is 9.41. The van der Waals surface area contributed by atoms with Gasteiger partial charge in [0.2, 0.25) is 11.7 Å². The predicted molar refractivity (Wildman–Crippen MR) is 62.8 cm³/mol. The van der Waals surface area contributed by atoms with Crippen LogP contribution in [0, 0.1) is 6.92 Å². The highest BCUT2D eigenvalue weighted by molar-refractivity contribution is 5.93. The smallest absolute Gasteiger partial charge is 0.219 e. The van der Waals surface area contributed by atoms with Crippen molar-refractivity contribution in [1.82, 2.24) is 14.8 Å². The Morgan fingerprint density at radius 3 is 2.76 bits per heavy atom. The van der Waals surface area contributed by atoms with Crippen LogP contribution >= 0.6 is 0 Å². The summed E-state index contributed by atoms with van der Waals surface area (Å²) in [4.78, 5) is 3.94. The molecule has 0 fully saturated rings. The summed E-state index contributed by atoms with van der Waals surface area (Å²) in [5.74, 6) is 0.132. The first-order chi connectivity index (χ1) is 8.19. The van der Waals surface area contributed by atoms with Gasteiger partial charge in [0.15, 0.2) is 0 Å². The van der Waals surface area contributed by atoms with Crippen molar-refractivity contribution in [3.8, 4) is 0 Å². The van der Waals surface area contributed by atoms with Crippen molar-refractivity contribution in [1.29, 1.82) is 0 Å². The fourth-order valence-corrected chi connectivity index (χ4v) is 1.41. The summed E-state index contributed by atoms with van der Waals surface area (Å²) < 4.78 is 1.64. The number of aryl methyl sites for hydroxylation is 1. The van der Waals surface area contributed by atoms with Crippen LogP contribution < -0.4 is 5.73 Å². The molecule has 3 N–H and O–H groups in total. The molecule has 0 amide bonds. The van der Waals surface area contributed by atoms with Crippen LogP contribution in [0.5, 0.6) is 0 Å². The third-order valence-corrected chi connectivity index (χ3v) is 2.34. The molecule has 0 unspecified atom stereocenters. The van der Waals surface area contributed by atoms with Crippen molar-refractivity contribution in [2.45, 2.75) is 13.5 Å². The Morgan fingerprint density at radius 2 is 2.12 bits per heavy atom. The van der Waals surface area contributed by atoms with E-state index in [2.05, 4.69) is 15.2 Å². The second-order valence-corrected chi connectivity index (χ2v) is 3.74. The number of rotatable bonds is 3. The number of nitrogens with two attached hydrogens (primary N) is 1. The third kappa shape index (κ3) is 2.60. The highest BCUT2D eigenvalue weighted by Crippen LogP contribution is 2.04. The standard InChI is InChI=1S/C11H13N5O/c1-8-2-4-9(5-3-8)6-16-7-13-11(14-16)10(12)15-17/h2-5,7,17H,6H2,1H3,(H2,12,15). The minimum Gasteiger partial charge on any atom is -0.409 e. The van der Waals surface area contributed by atoms with Gasteiger partial charge in [-0.15, -0.1) is 5.10 Å². The first-order valence-electron chi connectivity index (χ1n) is 5.12. The third-order valence-electron chi connectivity index (χ3n) is 2.34. The van der Waals surface area contributed by atoms with Crippen molar-refractivity contribution in [2.75, 3.05) is 0 Å². The molecule has 2 rings (SSSR count). The minimum absolute atomic E-state index is 0.0901. The van der Waals surface area contributed by atoms with Crippen molar-refractivity contribution >= 4 is 5.84 Å². The number of hydrogen-bond donors (Lipinski definition) is 2. The summed E-state index contributed by atoms with van der Waals surface area (Å²) in [7, 11) is 0. The molecular formula is C11H13N5O. The zero-order chi connectivity index (χ0) is 12.3. The molecular weight excluding hydrogens is 218 g/mol. The van der Waals surface area contributed by atoms with Gasteiger partial charge in [0.05, 0.1) is 6.54 Å². The number of aromatic nitrogens is 3.